The molecule has 2 aliphatic heterocycles. The van der Waals surface area contributed by atoms with Crippen LogP contribution in [0.3, 0.4) is 0 Å². The number of carbonyl (C=O) groups is 2. The zero-order valence-electron chi connectivity index (χ0n) is 14.3. The van der Waals surface area contributed by atoms with Gasteiger partial charge in [-0.1, -0.05) is 6.92 Å². The van der Waals surface area contributed by atoms with E-state index < -0.39 is 5.41 Å². The second-order valence-corrected chi connectivity index (χ2v) is 7.26. The van der Waals surface area contributed by atoms with Crippen molar-refractivity contribution in [2.45, 2.75) is 45.4 Å². The Kier molecular flexibility index (Phi) is 4.28. The summed E-state index contributed by atoms with van der Waals surface area (Å²) < 4.78 is 0. The first kappa shape index (κ1) is 16.2. The molecule has 0 aromatic heterocycles. The van der Waals surface area contributed by atoms with Crippen LogP contribution in [0.5, 0.6) is 0 Å². The van der Waals surface area contributed by atoms with E-state index in [-0.39, 0.29) is 11.7 Å². The second-order valence-electron chi connectivity index (χ2n) is 7.26. The van der Waals surface area contributed by atoms with Crippen molar-refractivity contribution < 1.29 is 9.59 Å². The number of piperidine rings is 1. The maximum atomic E-state index is 12.9. The lowest BCUT2D eigenvalue weighted by Crippen LogP contribution is -2.42. The van der Waals surface area contributed by atoms with Crippen LogP contribution in [0.25, 0.3) is 0 Å². The molecular formula is C19H26N2O2. The average Bonchev–Trinajstić information content (AvgIpc) is 2.76. The lowest BCUT2D eigenvalue weighted by Gasteiger charge is -2.28. The van der Waals surface area contributed by atoms with Crippen molar-refractivity contribution >= 4 is 17.4 Å². The second kappa shape index (κ2) is 6.08. The Labute approximate surface area is 138 Å². The van der Waals surface area contributed by atoms with Gasteiger partial charge in [-0.15, -0.1) is 0 Å². The summed E-state index contributed by atoms with van der Waals surface area (Å²) in [6, 6.07) is 5.75. The molecule has 0 bridgehead atoms. The van der Waals surface area contributed by atoms with E-state index in [0.717, 1.165) is 30.9 Å². The van der Waals surface area contributed by atoms with Crippen LogP contribution in [0.15, 0.2) is 18.2 Å². The average molecular weight is 314 g/mol. The number of fused-ring (bicyclic) bond motifs is 1. The van der Waals surface area contributed by atoms with Gasteiger partial charge in [0, 0.05) is 24.2 Å². The molecule has 1 unspecified atom stereocenters. The summed E-state index contributed by atoms with van der Waals surface area (Å²) in [6.45, 7) is 8.62. The SMILES string of the molecule is CCC(=O)c1ccc2c(c1)C(C)(C)C(=O)N2CC1CCCNC1. The lowest BCUT2D eigenvalue weighted by molar-refractivity contribution is -0.122. The fourth-order valence-corrected chi connectivity index (χ4v) is 3.73. The summed E-state index contributed by atoms with van der Waals surface area (Å²) >= 11 is 0. The van der Waals surface area contributed by atoms with Crippen molar-refractivity contribution in [1.82, 2.24) is 5.32 Å². The molecule has 1 amide bonds. The van der Waals surface area contributed by atoms with Crippen LogP contribution in [0.1, 0.15) is 56.0 Å². The third-order valence-electron chi connectivity index (χ3n) is 5.22. The van der Waals surface area contributed by atoms with Gasteiger partial charge in [0.1, 0.15) is 0 Å². The minimum absolute atomic E-state index is 0.131. The van der Waals surface area contributed by atoms with Gasteiger partial charge in [-0.05, 0) is 69.5 Å². The van der Waals surface area contributed by atoms with Gasteiger partial charge >= 0.3 is 0 Å². The molecule has 2 heterocycles. The summed E-state index contributed by atoms with van der Waals surface area (Å²) in [5, 5.41) is 3.42. The van der Waals surface area contributed by atoms with Crippen LogP contribution in [0.2, 0.25) is 0 Å². The van der Waals surface area contributed by atoms with Gasteiger partial charge in [-0.3, -0.25) is 9.59 Å². The third kappa shape index (κ3) is 2.80. The van der Waals surface area contributed by atoms with Crippen molar-refractivity contribution in [1.29, 1.82) is 0 Å². The van der Waals surface area contributed by atoms with E-state index in [0.29, 0.717) is 17.9 Å². The standard InChI is InChI=1S/C19H26N2O2/c1-4-17(22)14-7-8-16-15(10-14)19(2,3)18(23)21(16)12-13-6-5-9-20-11-13/h7-8,10,13,20H,4-6,9,11-12H2,1-3H3. The van der Waals surface area contributed by atoms with Gasteiger partial charge in [0.25, 0.3) is 0 Å². The molecule has 1 aromatic carbocycles. The van der Waals surface area contributed by atoms with Gasteiger partial charge in [-0.2, -0.15) is 0 Å². The molecule has 2 aliphatic rings. The molecule has 4 heteroatoms. The Balaban J connectivity index is 1.92. The monoisotopic (exact) mass is 314 g/mol. The topological polar surface area (TPSA) is 49.4 Å². The van der Waals surface area contributed by atoms with Crippen LogP contribution >= 0.6 is 0 Å². The molecule has 0 saturated carbocycles. The molecule has 0 radical (unpaired) electrons. The minimum atomic E-state index is -0.554. The predicted molar refractivity (Wildman–Crippen MR) is 92.0 cm³/mol. The van der Waals surface area contributed by atoms with Crippen LogP contribution in [0, 0.1) is 5.92 Å². The Morgan fingerprint density at radius 3 is 2.83 bits per heavy atom. The number of anilines is 1. The van der Waals surface area contributed by atoms with Crippen molar-refractivity contribution in [2.75, 3.05) is 24.5 Å². The van der Waals surface area contributed by atoms with Gasteiger partial charge in [0.2, 0.25) is 5.91 Å². The molecule has 23 heavy (non-hydrogen) atoms. The maximum absolute atomic E-state index is 12.9. The molecule has 1 N–H and O–H groups in total. The van der Waals surface area contributed by atoms with Crippen LogP contribution in [0.4, 0.5) is 5.69 Å². The van der Waals surface area contributed by atoms with E-state index >= 15 is 0 Å². The van der Waals surface area contributed by atoms with Crippen molar-refractivity contribution in [3.05, 3.63) is 29.3 Å². The zero-order valence-corrected chi connectivity index (χ0v) is 14.3. The van der Waals surface area contributed by atoms with E-state index in [1.54, 1.807) is 0 Å². The molecule has 4 nitrogen and oxygen atoms in total. The van der Waals surface area contributed by atoms with Crippen molar-refractivity contribution in [2.24, 2.45) is 5.92 Å². The van der Waals surface area contributed by atoms with E-state index in [1.165, 1.54) is 12.8 Å². The number of nitrogens with one attached hydrogen (secondary N) is 1. The van der Waals surface area contributed by atoms with Gasteiger partial charge in [0.15, 0.2) is 5.78 Å². The van der Waals surface area contributed by atoms with Gasteiger partial charge < -0.3 is 10.2 Å². The largest absolute Gasteiger partial charge is 0.316 e. The number of Topliss-reactive ketones (excluding diaryl/α,β-unsaturated/α-hetero) is 1. The number of hydrogen-bond donors (Lipinski definition) is 1. The van der Waals surface area contributed by atoms with E-state index in [1.807, 2.05) is 43.9 Å². The van der Waals surface area contributed by atoms with Gasteiger partial charge in [0.05, 0.1) is 5.41 Å². The number of ketones is 1. The summed E-state index contributed by atoms with van der Waals surface area (Å²) in [6.07, 6.45) is 2.83. The molecule has 1 aromatic rings. The molecule has 1 saturated heterocycles. The third-order valence-corrected chi connectivity index (χ3v) is 5.22. The maximum Gasteiger partial charge on any atom is 0.237 e. The van der Waals surface area contributed by atoms with Crippen LogP contribution in [-0.2, 0) is 10.2 Å². The predicted octanol–water partition coefficient (Wildman–Crippen LogP) is 2.90. The van der Waals surface area contributed by atoms with E-state index in [9.17, 15) is 9.59 Å². The number of benzene rings is 1. The molecule has 3 rings (SSSR count). The number of nitrogens with zero attached hydrogens (tertiary/aromatic N) is 1. The summed E-state index contributed by atoms with van der Waals surface area (Å²) in [5.41, 5.74) is 2.14. The van der Waals surface area contributed by atoms with Crippen LogP contribution < -0.4 is 10.2 Å². The van der Waals surface area contributed by atoms with E-state index in [2.05, 4.69) is 5.32 Å². The first-order chi connectivity index (χ1) is 10.9. The number of amides is 1. The Morgan fingerprint density at radius 2 is 2.17 bits per heavy atom. The van der Waals surface area contributed by atoms with Crippen molar-refractivity contribution in [3.8, 4) is 0 Å². The molecule has 0 aliphatic carbocycles. The first-order valence-corrected chi connectivity index (χ1v) is 8.65. The summed E-state index contributed by atoms with van der Waals surface area (Å²) in [5.74, 6) is 0.788. The minimum Gasteiger partial charge on any atom is -0.316 e. The van der Waals surface area contributed by atoms with Crippen molar-refractivity contribution in [3.63, 3.8) is 0 Å². The molecule has 0 spiro atoms. The quantitative estimate of drug-likeness (QED) is 0.869. The highest BCUT2D eigenvalue weighted by Crippen LogP contribution is 2.42. The molecule has 1 fully saturated rings. The Hall–Kier alpha value is -1.68. The number of rotatable bonds is 4. The lowest BCUT2D eigenvalue weighted by atomic mass is 9.85. The summed E-state index contributed by atoms with van der Waals surface area (Å²) in [7, 11) is 0. The van der Waals surface area contributed by atoms with Crippen LogP contribution in [-0.4, -0.2) is 31.3 Å². The number of carbonyl (C=O) groups excluding carboxylic acids is 2. The molecule has 1 atom stereocenters. The Morgan fingerprint density at radius 1 is 1.39 bits per heavy atom. The van der Waals surface area contributed by atoms with Gasteiger partial charge in [-0.25, -0.2) is 0 Å². The highest BCUT2D eigenvalue weighted by molar-refractivity contribution is 6.08. The Bertz CT molecular complexity index is 630. The smallest absolute Gasteiger partial charge is 0.237 e. The highest BCUT2D eigenvalue weighted by atomic mass is 16.2. The fourth-order valence-electron chi connectivity index (χ4n) is 3.73. The normalized spacial score (nSPS) is 23.0. The molecular weight excluding hydrogens is 288 g/mol. The molecule has 124 valence electrons. The number of hydrogen-bond acceptors (Lipinski definition) is 3. The fraction of sp³-hybridized carbons (Fsp3) is 0.579. The highest BCUT2D eigenvalue weighted by Gasteiger charge is 2.44. The van der Waals surface area contributed by atoms with E-state index in [4.69, 9.17) is 0 Å². The first-order valence-electron chi connectivity index (χ1n) is 8.65. The summed E-state index contributed by atoms with van der Waals surface area (Å²) in [4.78, 5) is 26.9. The zero-order chi connectivity index (χ0) is 16.6.